The van der Waals surface area contributed by atoms with Crippen molar-refractivity contribution in [3.63, 3.8) is 0 Å². The van der Waals surface area contributed by atoms with Crippen LogP contribution in [0.1, 0.15) is 37.7 Å². The number of nitrogens with one attached hydrogen (secondary N) is 2. The third-order valence-corrected chi connectivity index (χ3v) is 3.19. The highest BCUT2D eigenvalue weighted by molar-refractivity contribution is 5.67. The van der Waals surface area contributed by atoms with E-state index in [1.54, 1.807) is 0 Å². The summed E-state index contributed by atoms with van der Waals surface area (Å²) in [5.41, 5.74) is 4.08. The highest BCUT2D eigenvalue weighted by Gasteiger charge is 2.15. The van der Waals surface area contributed by atoms with Crippen LogP contribution in [0.5, 0.6) is 0 Å². The molecule has 0 saturated heterocycles. The van der Waals surface area contributed by atoms with Crippen LogP contribution in [0, 0.1) is 13.8 Å². The third-order valence-electron chi connectivity index (χ3n) is 3.19. The molecule has 0 saturated carbocycles. The molecule has 2 aromatic rings. The summed E-state index contributed by atoms with van der Waals surface area (Å²) in [4.78, 5) is 19.3. The number of imidazole rings is 1. The summed E-state index contributed by atoms with van der Waals surface area (Å²) in [7, 11) is 0. The van der Waals surface area contributed by atoms with Crippen molar-refractivity contribution in [1.29, 1.82) is 0 Å². The average Bonchev–Trinajstić information content (AvgIpc) is 2.84. The van der Waals surface area contributed by atoms with Crippen LogP contribution in [0.4, 0.5) is 4.79 Å². The van der Waals surface area contributed by atoms with Gasteiger partial charge in [0.05, 0.1) is 11.9 Å². The van der Waals surface area contributed by atoms with Gasteiger partial charge in [0.25, 0.3) is 0 Å². The Kier molecular flexibility index (Phi) is 5.08. The molecule has 0 unspecified atom stereocenters. The molecule has 2 N–H and O–H groups in total. The van der Waals surface area contributed by atoms with Gasteiger partial charge in [-0.1, -0.05) is 17.2 Å². The molecule has 0 aliphatic rings. The third kappa shape index (κ3) is 5.43. The van der Waals surface area contributed by atoms with Gasteiger partial charge in [0.2, 0.25) is 0 Å². The number of rotatable bonds is 4. The van der Waals surface area contributed by atoms with E-state index in [9.17, 15) is 4.79 Å². The standard InChI is InChI=1S/C18H25N3O2/c1-12-8-13(2)10-14(9-12)15-11-20-16(21-15)6-7-19-17(22)23-18(3,4)5/h8-11H,6-7H2,1-5H3,(H,19,22)(H,20,21). The van der Waals surface area contributed by atoms with Crippen molar-refractivity contribution in [1.82, 2.24) is 15.3 Å². The molecule has 1 aromatic carbocycles. The first-order chi connectivity index (χ1) is 10.7. The van der Waals surface area contributed by atoms with Gasteiger partial charge < -0.3 is 15.0 Å². The predicted molar refractivity (Wildman–Crippen MR) is 91.4 cm³/mol. The number of amides is 1. The van der Waals surface area contributed by atoms with E-state index in [2.05, 4.69) is 47.3 Å². The maximum atomic E-state index is 11.6. The Hall–Kier alpha value is -2.30. The predicted octanol–water partition coefficient (Wildman–Crippen LogP) is 3.76. The van der Waals surface area contributed by atoms with Gasteiger partial charge in [0.15, 0.2) is 0 Å². The van der Waals surface area contributed by atoms with Crippen LogP contribution >= 0.6 is 0 Å². The maximum absolute atomic E-state index is 11.6. The number of hydrogen-bond acceptors (Lipinski definition) is 3. The molecular formula is C18H25N3O2. The van der Waals surface area contributed by atoms with Crippen LogP contribution in [0.15, 0.2) is 24.4 Å². The second-order valence-electron chi connectivity index (χ2n) is 6.80. The van der Waals surface area contributed by atoms with E-state index in [4.69, 9.17) is 4.74 Å². The quantitative estimate of drug-likeness (QED) is 0.902. The number of carbonyl (C=O) groups excluding carboxylic acids is 1. The second-order valence-corrected chi connectivity index (χ2v) is 6.80. The van der Waals surface area contributed by atoms with Crippen LogP contribution in [-0.2, 0) is 11.2 Å². The zero-order chi connectivity index (χ0) is 17.0. The van der Waals surface area contributed by atoms with Crippen molar-refractivity contribution in [2.24, 2.45) is 0 Å². The first kappa shape index (κ1) is 17.1. The minimum absolute atomic E-state index is 0.404. The first-order valence-electron chi connectivity index (χ1n) is 7.82. The highest BCUT2D eigenvalue weighted by atomic mass is 16.6. The number of carbonyl (C=O) groups is 1. The monoisotopic (exact) mass is 315 g/mol. The minimum Gasteiger partial charge on any atom is -0.444 e. The second kappa shape index (κ2) is 6.86. The SMILES string of the molecule is Cc1cc(C)cc(-c2cnc(CCNC(=O)OC(C)(C)C)[nH]2)c1. The number of ether oxygens (including phenoxy) is 1. The number of nitrogens with zero attached hydrogens (tertiary/aromatic N) is 1. The lowest BCUT2D eigenvalue weighted by atomic mass is 10.1. The Balaban J connectivity index is 1.91. The lowest BCUT2D eigenvalue weighted by molar-refractivity contribution is 0.0528. The summed E-state index contributed by atoms with van der Waals surface area (Å²) < 4.78 is 5.20. The average molecular weight is 315 g/mol. The number of aryl methyl sites for hydroxylation is 2. The van der Waals surface area contributed by atoms with Crippen molar-refractivity contribution in [3.05, 3.63) is 41.3 Å². The molecule has 1 aromatic heterocycles. The van der Waals surface area contributed by atoms with E-state index in [0.29, 0.717) is 13.0 Å². The van der Waals surface area contributed by atoms with Gasteiger partial charge in [0.1, 0.15) is 11.4 Å². The highest BCUT2D eigenvalue weighted by Crippen LogP contribution is 2.20. The van der Waals surface area contributed by atoms with Gasteiger partial charge in [-0.05, 0) is 46.8 Å². The number of hydrogen-bond donors (Lipinski definition) is 2. The normalized spacial score (nSPS) is 11.3. The molecule has 0 fully saturated rings. The van der Waals surface area contributed by atoms with Gasteiger partial charge in [0, 0.05) is 18.5 Å². The molecule has 0 atom stereocenters. The van der Waals surface area contributed by atoms with Crippen molar-refractivity contribution in [2.75, 3.05) is 6.54 Å². The number of benzene rings is 1. The maximum Gasteiger partial charge on any atom is 0.407 e. The molecule has 0 aliphatic heterocycles. The summed E-state index contributed by atoms with van der Waals surface area (Å²) in [6.45, 7) is 10.2. The van der Waals surface area contributed by atoms with E-state index in [1.165, 1.54) is 11.1 Å². The van der Waals surface area contributed by atoms with Crippen LogP contribution in [0.3, 0.4) is 0 Å². The molecule has 1 amide bonds. The lowest BCUT2D eigenvalue weighted by Gasteiger charge is -2.19. The molecule has 5 heteroatoms. The van der Waals surface area contributed by atoms with Crippen LogP contribution in [-0.4, -0.2) is 28.2 Å². The van der Waals surface area contributed by atoms with Gasteiger partial charge in [-0.2, -0.15) is 0 Å². The Morgan fingerprint density at radius 2 is 1.87 bits per heavy atom. The largest absolute Gasteiger partial charge is 0.444 e. The molecule has 1 heterocycles. The van der Waals surface area contributed by atoms with E-state index in [0.717, 1.165) is 17.1 Å². The van der Waals surface area contributed by atoms with E-state index in [1.807, 2.05) is 27.0 Å². The molecule has 0 bridgehead atoms. The van der Waals surface area contributed by atoms with Gasteiger partial charge in [-0.15, -0.1) is 0 Å². The molecule has 0 radical (unpaired) electrons. The van der Waals surface area contributed by atoms with Crippen molar-refractivity contribution >= 4 is 6.09 Å². The number of aromatic amines is 1. The Bertz CT molecular complexity index is 664. The summed E-state index contributed by atoms with van der Waals surface area (Å²) in [5, 5.41) is 2.73. The fourth-order valence-corrected chi connectivity index (χ4v) is 2.36. The molecule has 2 rings (SSSR count). The van der Waals surface area contributed by atoms with Crippen molar-refractivity contribution < 1.29 is 9.53 Å². The zero-order valence-corrected chi connectivity index (χ0v) is 14.5. The van der Waals surface area contributed by atoms with Gasteiger partial charge in [-0.25, -0.2) is 9.78 Å². The summed E-state index contributed by atoms with van der Waals surface area (Å²) >= 11 is 0. The number of alkyl carbamates (subject to hydrolysis) is 1. The van der Waals surface area contributed by atoms with Crippen LogP contribution < -0.4 is 5.32 Å². The molecule has 124 valence electrons. The first-order valence-corrected chi connectivity index (χ1v) is 7.82. The molecule has 0 spiro atoms. The van der Waals surface area contributed by atoms with E-state index >= 15 is 0 Å². The van der Waals surface area contributed by atoms with Crippen molar-refractivity contribution in [2.45, 2.75) is 46.6 Å². The fraction of sp³-hybridized carbons (Fsp3) is 0.444. The number of aromatic nitrogens is 2. The molecule has 5 nitrogen and oxygen atoms in total. The summed E-state index contributed by atoms with van der Waals surface area (Å²) in [6, 6.07) is 6.40. The Labute approximate surface area is 137 Å². The smallest absolute Gasteiger partial charge is 0.407 e. The molecular weight excluding hydrogens is 290 g/mol. The Morgan fingerprint density at radius 1 is 1.22 bits per heavy atom. The Morgan fingerprint density at radius 3 is 2.48 bits per heavy atom. The lowest BCUT2D eigenvalue weighted by Crippen LogP contribution is -2.33. The molecule has 23 heavy (non-hydrogen) atoms. The van der Waals surface area contributed by atoms with Crippen molar-refractivity contribution in [3.8, 4) is 11.3 Å². The zero-order valence-electron chi connectivity index (χ0n) is 14.5. The van der Waals surface area contributed by atoms with Crippen LogP contribution in [0.25, 0.3) is 11.3 Å². The van der Waals surface area contributed by atoms with Crippen LogP contribution in [0.2, 0.25) is 0 Å². The van der Waals surface area contributed by atoms with Gasteiger partial charge in [-0.3, -0.25) is 0 Å². The molecule has 0 aliphatic carbocycles. The number of H-pyrrole nitrogens is 1. The minimum atomic E-state index is -0.481. The summed E-state index contributed by atoms with van der Waals surface area (Å²) in [5.74, 6) is 0.843. The fourth-order valence-electron chi connectivity index (χ4n) is 2.36. The van der Waals surface area contributed by atoms with Gasteiger partial charge >= 0.3 is 6.09 Å². The topological polar surface area (TPSA) is 67.0 Å². The summed E-state index contributed by atoms with van der Waals surface area (Å²) in [6.07, 6.45) is 2.06. The van der Waals surface area contributed by atoms with E-state index in [-0.39, 0.29) is 0 Å². The van der Waals surface area contributed by atoms with E-state index < -0.39 is 11.7 Å².